The van der Waals surface area contributed by atoms with Crippen molar-refractivity contribution in [3.63, 3.8) is 0 Å². The molecule has 0 saturated heterocycles. The number of nitrogens with zero attached hydrogens (tertiary/aromatic N) is 4. The number of rotatable bonds is 6. The Morgan fingerprint density at radius 2 is 1.84 bits per heavy atom. The number of hydrogen-bond acceptors (Lipinski definition) is 5. The predicted octanol–water partition coefficient (Wildman–Crippen LogP) is 4.65. The Hall–Kier alpha value is -1.56. The molecule has 1 aromatic carbocycles. The van der Waals surface area contributed by atoms with E-state index in [1.165, 1.54) is 37.7 Å². The Bertz CT molecular complexity index is 657. The van der Waals surface area contributed by atoms with E-state index in [1.807, 2.05) is 4.68 Å². The van der Waals surface area contributed by atoms with Gasteiger partial charge in [-0.05, 0) is 46.4 Å². The largest absolute Gasteiger partial charge is 0.493 e. The van der Waals surface area contributed by atoms with Gasteiger partial charge in [0.15, 0.2) is 0 Å². The van der Waals surface area contributed by atoms with Crippen LogP contribution in [0.25, 0.3) is 0 Å². The molecule has 0 bridgehead atoms. The van der Waals surface area contributed by atoms with Gasteiger partial charge in [0.25, 0.3) is 0 Å². The van der Waals surface area contributed by atoms with Crippen LogP contribution in [0.15, 0.2) is 29.4 Å². The molecular formula is C19H28N4OS. The smallest absolute Gasteiger partial charge is 0.209 e. The molecule has 5 nitrogen and oxygen atoms in total. The van der Waals surface area contributed by atoms with E-state index in [1.54, 1.807) is 11.8 Å². The quantitative estimate of drug-likeness (QED) is 0.554. The fraction of sp³-hybridized carbons (Fsp3) is 0.632. The molecule has 0 aliphatic heterocycles. The van der Waals surface area contributed by atoms with Crippen LogP contribution >= 0.6 is 11.8 Å². The van der Waals surface area contributed by atoms with Gasteiger partial charge in [0.05, 0.1) is 12.6 Å². The SMILES string of the molecule is CC(C)(C)c1ccc(OCCSc2nnnn2C2CCCCC2)cc1. The highest BCUT2D eigenvalue weighted by atomic mass is 32.2. The summed E-state index contributed by atoms with van der Waals surface area (Å²) >= 11 is 1.68. The lowest BCUT2D eigenvalue weighted by atomic mass is 9.87. The van der Waals surface area contributed by atoms with Crippen LogP contribution in [0.2, 0.25) is 0 Å². The van der Waals surface area contributed by atoms with Gasteiger partial charge in [-0.25, -0.2) is 4.68 Å². The van der Waals surface area contributed by atoms with Crippen molar-refractivity contribution in [1.29, 1.82) is 0 Å². The molecule has 1 aromatic heterocycles. The van der Waals surface area contributed by atoms with Gasteiger partial charge in [-0.3, -0.25) is 0 Å². The summed E-state index contributed by atoms with van der Waals surface area (Å²) in [6.07, 6.45) is 6.28. The molecule has 0 radical (unpaired) electrons. The highest BCUT2D eigenvalue weighted by Gasteiger charge is 2.20. The van der Waals surface area contributed by atoms with Crippen LogP contribution in [0.1, 0.15) is 64.5 Å². The average Bonchev–Trinajstić information content (AvgIpc) is 3.08. The highest BCUT2D eigenvalue weighted by Crippen LogP contribution is 2.30. The van der Waals surface area contributed by atoms with Gasteiger partial charge >= 0.3 is 0 Å². The third kappa shape index (κ3) is 4.97. The second kappa shape index (κ2) is 8.21. The third-order valence-corrected chi connectivity index (χ3v) is 5.58. The van der Waals surface area contributed by atoms with Crippen molar-refractivity contribution in [1.82, 2.24) is 20.2 Å². The maximum absolute atomic E-state index is 5.86. The fourth-order valence-electron chi connectivity index (χ4n) is 3.18. The number of thioether (sulfide) groups is 1. The van der Waals surface area contributed by atoms with Gasteiger partial charge in [0.2, 0.25) is 5.16 Å². The molecule has 1 heterocycles. The summed E-state index contributed by atoms with van der Waals surface area (Å²) in [6, 6.07) is 8.87. The van der Waals surface area contributed by atoms with Crippen molar-refractivity contribution in [2.24, 2.45) is 0 Å². The number of hydrogen-bond donors (Lipinski definition) is 0. The Labute approximate surface area is 154 Å². The van der Waals surface area contributed by atoms with Gasteiger partial charge in [0.1, 0.15) is 5.75 Å². The van der Waals surface area contributed by atoms with Crippen LogP contribution in [-0.4, -0.2) is 32.6 Å². The average molecular weight is 361 g/mol. The van der Waals surface area contributed by atoms with Crippen molar-refractivity contribution in [2.45, 2.75) is 69.5 Å². The zero-order valence-electron chi connectivity index (χ0n) is 15.4. The number of aromatic nitrogens is 4. The molecule has 1 fully saturated rings. The van der Waals surface area contributed by atoms with Crippen molar-refractivity contribution in [3.05, 3.63) is 29.8 Å². The van der Waals surface area contributed by atoms with Crippen LogP contribution < -0.4 is 4.74 Å². The lowest BCUT2D eigenvalue weighted by Gasteiger charge is -2.22. The molecule has 2 aromatic rings. The van der Waals surface area contributed by atoms with Gasteiger partial charge in [-0.2, -0.15) is 0 Å². The van der Waals surface area contributed by atoms with E-state index in [9.17, 15) is 0 Å². The highest BCUT2D eigenvalue weighted by molar-refractivity contribution is 7.99. The minimum absolute atomic E-state index is 0.171. The van der Waals surface area contributed by atoms with E-state index in [0.717, 1.165) is 16.7 Å². The zero-order valence-corrected chi connectivity index (χ0v) is 16.3. The van der Waals surface area contributed by atoms with E-state index in [-0.39, 0.29) is 5.41 Å². The van der Waals surface area contributed by atoms with E-state index < -0.39 is 0 Å². The van der Waals surface area contributed by atoms with Gasteiger partial charge in [-0.1, -0.05) is 63.9 Å². The molecule has 0 spiro atoms. The first-order valence-corrected chi connectivity index (χ1v) is 10.2. The molecule has 0 unspecified atom stereocenters. The minimum atomic E-state index is 0.171. The summed E-state index contributed by atoms with van der Waals surface area (Å²) in [7, 11) is 0. The Morgan fingerprint density at radius 1 is 1.12 bits per heavy atom. The first-order chi connectivity index (χ1) is 12.0. The number of ether oxygens (including phenoxy) is 1. The molecule has 6 heteroatoms. The normalized spacial score (nSPS) is 16.1. The fourth-order valence-corrected chi connectivity index (χ4v) is 3.94. The second-order valence-corrected chi connectivity index (χ2v) is 8.73. The predicted molar refractivity (Wildman–Crippen MR) is 101 cm³/mol. The zero-order chi connectivity index (χ0) is 17.7. The van der Waals surface area contributed by atoms with E-state index >= 15 is 0 Å². The van der Waals surface area contributed by atoms with Crippen LogP contribution in [0.4, 0.5) is 0 Å². The van der Waals surface area contributed by atoms with E-state index in [2.05, 4.69) is 60.6 Å². The summed E-state index contributed by atoms with van der Waals surface area (Å²) in [5, 5.41) is 13.2. The standard InChI is InChI=1S/C19H28N4OS/c1-19(2,3)15-9-11-17(12-10-15)24-13-14-25-18-20-21-22-23(18)16-7-5-4-6-8-16/h9-12,16H,4-8,13-14H2,1-3H3. The van der Waals surface area contributed by atoms with Crippen molar-refractivity contribution >= 4 is 11.8 Å². The number of tetrazole rings is 1. The Balaban J connectivity index is 1.47. The molecule has 136 valence electrons. The van der Waals surface area contributed by atoms with Crippen LogP contribution in [-0.2, 0) is 5.41 Å². The van der Waals surface area contributed by atoms with Crippen LogP contribution in [0, 0.1) is 0 Å². The molecule has 0 amide bonds. The molecule has 1 saturated carbocycles. The summed E-state index contributed by atoms with van der Waals surface area (Å²) in [5.74, 6) is 1.76. The number of benzene rings is 1. The molecule has 1 aliphatic rings. The van der Waals surface area contributed by atoms with E-state index in [4.69, 9.17) is 4.74 Å². The van der Waals surface area contributed by atoms with Gasteiger partial charge < -0.3 is 4.74 Å². The first kappa shape index (κ1) is 18.2. The molecule has 25 heavy (non-hydrogen) atoms. The van der Waals surface area contributed by atoms with Gasteiger partial charge in [-0.15, -0.1) is 5.10 Å². The maximum atomic E-state index is 5.86. The summed E-state index contributed by atoms with van der Waals surface area (Å²) in [5.41, 5.74) is 1.49. The van der Waals surface area contributed by atoms with Crippen LogP contribution in [0.5, 0.6) is 5.75 Å². The van der Waals surface area contributed by atoms with Crippen molar-refractivity contribution < 1.29 is 4.74 Å². The first-order valence-electron chi connectivity index (χ1n) is 9.18. The third-order valence-electron chi connectivity index (χ3n) is 4.69. The monoisotopic (exact) mass is 360 g/mol. The summed E-state index contributed by atoms with van der Waals surface area (Å²) < 4.78 is 7.87. The molecule has 0 N–H and O–H groups in total. The summed E-state index contributed by atoms with van der Waals surface area (Å²) in [6.45, 7) is 7.30. The Morgan fingerprint density at radius 3 is 2.52 bits per heavy atom. The minimum Gasteiger partial charge on any atom is -0.493 e. The molecule has 1 aliphatic carbocycles. The molecule has 3 rings (SSSR count). The van der Waals surface area contributed by atoms with Crippen molar-refractivity contribution in [3.8, 4) is 5.75 Å². The topological polar surface area (TPSA) is 52.8 Å². The molecular weight excluding hydrogens is 332 g/mol. The van der Waals surface area contributed by atoms with Crippen LogP contribution in [0.3, 0.4) is 0 Å². The Kier molecular flexibility index (Phi) is 5.99. The lowest BCUT2D eigenvalue weighted by Crippen LogP contribution is -2.15. The molecule has 0 atom stereocenters. The maximum Gasteiger partial charge on any atom is 0.209 e. The summed E-state index contributed by atoms with van der Waals surface area (Å²) in [4.78, 5) is 0. The van der Waals surface area contributed by atoms with E-state index in [0.29, 0.717) is 12.6 Å². The van der Waals surface area contributed by atoms with Crippen molar-refractivity contribution in [2.75, 3.05) is 12.4 Å². The lowest BCUT2D eigenvalue weighted by molar-refractivity contribution is 0.307. The second-order valence-electron chi connectivity index (χ2n) is 7.67. The van der Waals surface area contributed by atoms with Gasteiger partial charge in [0, 0.05) is 5.75 Å².